The largest absolute Gasteiger partial charge is 0.497 e. The van der Waals surface area contributed by atoms with Crippen LogP contribution >= 0.6 is 11.6 Å². The molecule has 0 atom stereocenters. The van der Waals surface area contributed by atoms with Crippen LogP contribution in [0.1, 0.15) is 11.1 Å². The highest BCUT2D eigenvalue weighted by Gasteiger charge is 2.11. The molecule has 0 saturated heterocycles. The third-order valence-corrected chi connectivity index (χ3v) is 2.64. The van der Waals surface area contributed by atoms with Crippen LogP contribution < -0.4 is 4.74 Å². The van der Waals surface area contributed by atoms with Gasteiger partial charge < -0.3 is 4.74 Å². The molecule has 13 heavy (non-hydrogen) atoms. The van der Waals surface area contributed by atoms with E-state index in [0.29, 0.717) is 5.88 Å². The van der Waals surface area contributed by atoms with E-state index in [1.807, 2.05) is 6.07 Å². The topological polar surface area (TPSA) is 9.23 Å². The summed E-state index contributed by atoms with van der Waals surface area (Å²) in [5, 5.41) is 0. The SMILES string of the molecule is COc1ccc2c(c1)CC(CCl)=C2. The van der Waals surface area contributed by atoms with Crippen molar-refractivity contribution in [1.82, 2.24) is 0 Å². The van der Waals surface area contributed by atoms with Gasteiger partial charge in [-0.05, 0) is 29.7 Å². The molecule has 68 valence electrons. The van der Waals surface area contributed by atoms with Crippen molar-refractivity contribution in [2.45, 2.75) is 6.42 Å². The highest BCUT2D eigenvalue weighted by atomic mass is 35.5. The Labute approximate surface area is 83.0 Å². The summed E-state index contributed by atoms with van der Waals surface area (Å²) in [6.45, 7) is 0. The molecule has 0 unspecified atom stereocenters. The van der Waals surface area contributed by atoms with Crippen LogP contribution in [0.4, 0.5) is 0 Å². The summed E-state index contributed by atoms with van der Waals surface area (Å²) in [4.78, 5) is 0. The number of ether oxygens (including phenoxy) is 1. The van der Waals surface area contributed by atoms with E-state index in [1.165, 1.54) is 16.7 Å². The number of methoxy groups -OCH3 is 1. The third-order valence-electron chi connectivity index (χ3n) is 2.30. The summed E-state index contributed by atoms with van der Waals surface area (Å²) in [5.74, 6) is 1.54. The van der Waals surface area contributed by atoms with Crippen molar-refractivity contribution < 1.29 is 4.74 Å². The Morgan fingerprint density at radius 2 is 2.31 bits per heavy atom. The number of rotatable bonds is 2. The molecule has 0 bridgehead atoms. The second-order valence-corrected chi connectivity index (χ2v) is 3.44. The number of halogens is 1. The maximum Gasteiger partial charge on any atom is 0.119 e. The fourth-order valence-electron chi connectivity index (χ4n) is 1.60. The summed E-state index contributed by atoms with van der Waals surface area (Å²) < 4.78 is 5.15. The summed E-state index contributed by atoms with van der Waals surface area (Å²) in [6.07, 6.45) is 3.12. The average Bonchev–Trinajstić information content (AvgIpc) is 2.58. The molecule has 1 aliphatic rings. The molecule has 0 aromatic heterocycles. The van der Waals surface area contributed by atoms with Gasteiger partial charge in [0.25, 0.3) is 0 Å². The van der Waals surface area contributed by atoms with Crippen LogP contribution in [-0.4, -0.2) is 13.0 Å². The van der Waals surface area contributed by atoms with E-state index in [0.717, 1.165) is 12.2 Å². The van der Waals surface area contributed by atoms with Gasteiger partial charge in [-0.15, -0.1) is 11.6 Å². The Hall–Kier alpha value is -0.950. The summed E-state index contributed by atoms with van der Waals surface area (Å²) >= 11 is 5.77. The number of allylic oxidation sites excluding steroid dienone is 1. The van der Waals surface area contributed by atoms with Crippen molar-refractivity contribution in [3.63, 3.8) is 0 Å². The molecule has 0 amide bonds. The first-order valence-electron chi connectivity index (χ1n) is 4.26. The van der Waals surface area contributed by atoms with E-state index in [4.69, 9.17) is 16.3 Å². The van der Waals surface area contributed by atoms with Crippen LogP contribution in [0.2, 0.25) is 0 Å². The van der Waals surface area contributed by atoms with Gasteiger partial charge in [-0.1, -0.05) is 17.7 Å². The molecule has 2 rings (SSSR count). The van der Waals surface area contributed by atoms with Crippen molar-refractivity contribution in [2.24, 2.45) is 0 Å². The number of benzene rings is 1. The average molecular weight is 195 g/mol. The Morgan fingerprint density at radius 1 is 1.46 bits per heavy atom. The van der Waals surface area contributed by atoms with Gasteiger partial charge in [0.1, 0.15) is 5.75 Å². The molecule has 0 N–H and O–H groups in total. The molecule has 0 fully saturated rings. The van der Waals surface area contributed by atoms with Crippen LogP contribution in [0.5, 0.6) is 5.75 Å². The van der Waals surface area contributed by atoms with Gasteiger partial charge >= 0.3 is 0 Å². The molecule has 0 aliphatic heterocycles. The normalized spacial score (nSPS) is 13.8. The van der Waals surface area contributed by atoms with Crippen LogP contribution in [0, 0.1) is 0 Å². The molecule has 1 aromatic carbocycles. The molecular formula is C11H11ClO. The fourth-order valence-corrected chi connectivity index (χ4v) is 1.78. The Bertz CT molecular complexity index is 355. The van der Waals surface area contributed by atoms with E-state index in [1.54, 1.807) is 7.11 Å². The zero-order valence-electron chi connectivity index (χ0n) is 7.51. The lowest BCUT2D eigenvalue weighted by Crippen LogP contribution is -1.88. The van der Waals surface area contributed by atoms with Gasteiger partial charge in [-0.25, -0.2) is 0 Å². The van der Waals surface area contributed by atoms with E-state index >= 15 is 0 Å². The second kappa shape index (κ2) is 3.43. The first-order valence-corrected chi connectivity index (χ1v) is 4.79. The predicted octanol–water partition coefficient (Wildman–Crippen LogP) is 2.87. The molecule has 2 heteroatoms. The van der Waals surface area contributed by atoms with Crippen LogP contribution in [0.3, 0.4) is 0 Å². The standard InChI is InChI=1S/C11H11ClO/c1-13-11-3-2-9-4-8(7-12)5-10(9)6-11/h2-4,6H,5,7H2,1H3. The monoisotopic (exact) mass is 194 g/mol. The van der Waals surface area contributed by atoms with Gasteiger partial charge in [0.2, 0.25) is 0 Å². The van der Waals surface area contributed by atoms with E-state index in [2.05, 4.69) is 18.2 Å². The molecule has 1 aromatic rings. The van der Waals surface area contributed by atoms with Crippen molar-refractivity contribution in [2.75, 3.05) is 13.0 Å². The number of fused-ring (bicyclic) bond motifs is 1. The second-order valence-electron chi connectivity index (χ2n) is 3.18. The van der Waals surface area contributed by atoms with Gasteiger partial charge in [-0.3, -0.25) is 0 Å². The molecule has 0 heterocycles. The zero-order chi connectivity index (χ0) is 9.26. The third kappa shape index (κ3) is 1.56. The summed E-state index contributed by atoms with van der Waals surface area (Å²) in [6, 6.07) is 6.13. The predicted molar refractivity (Wildman–Crippen MR) is 55.4 cm³/mol. The van der Waals surface area contributed by atoms with Crippen molar-refractivity contribution in [1.29, 1.82) is 0 Å². The first kappa shape index (κ1) is 8.64. The van der Waals surface area contributed by atoms with Crippen molar-refractivity contribution in [3.05, 3.63) is 34.9 Å². The fraction of sp³-hybridized carbons (Fsp3) is 0.273. The Morgan fingerprint density at radius 3 is 3.00 bits per heavy atom. The van der Waals surface area contributed by atoms with E-state index in [9.17, 15) is 0 Å². The maximum absolute atomic E-state index is 5.77. The van der Waals surface area contributed by atoms with Gasteiger partial charge in [0, 0.05) is 5.88 Å². The van der Waals surface area contributed by atoms with Gasteiger partial charge in [0.15, 0.2) is 0 Å². The summed E-state index contributed by atoms with van der Waals surface area (Å²) in [5.41, 5.74) is 3.87. The van der Waals surface area contributed by atoms with Gasteiger partial charge in [-0.2, -0.15) is 0 Å². The highest BCUT2D eigenvalue weighted by Crippen LogP contribution is 2.28. The lowest BCUT2D eigenvalue weighted by atomic mass is 10.1. The molecule has 0 radical (unpaired) electrons. The van der Waals surface area contributed by atoms with Gasteiger partial charge in [0.05, 0.1) is 7.11 Å². The number of alkyl halides is 1. The lowest BCUT2D eigenvalue weighted by molar-refractivity contribution is 0.414. The molecule has 0 saturated carbocycles. The molecular weight excluding hydrogens is 184 g/mol. The minimum Gasteiger partial charge on any atom is -0.497 e. The molecule has 0 spiro atoms. The molecule has 1 nitrogen and oxygen atoms in total. The smallest absolute Gasteiger partial charge is 0.119 e. The Kier molecular flexibility index (Phi) is 2.28. The van der Waals surface area contributed by atoms with Crippen LogP contribution in [-0.2, 0) is 6.42 Å². The Balaban J connectivity index is 2.33. The minimum absolute atomic E-state index is 0.622. The molecule has 1 aliphatic carbocycles. The van der Waals surface area contributed by atoms with E-state index < -0.39 is 0 Å². The summed E-state index contributed by atoms with van der Waals surface area (Å²) in [7, 11) is 1.69. The van der Waals surface area contributed by atoms with Crippen molar-refractivity contribution >= 4 is 17.7 Å². The van der Waals surface area contributed by atoms with E-state index in [-0.39, 0.29) is 0 Å². The lowest BCUT2D eigenvalue weighted by Gasteiger charge is -2.02. The number of hydrogen-bond donors (Lipinski definition) is 0. The van der Waals surface area contributed by atoms with Crippen molar-refractivity contribution in [3.8, 4) is 5.75 Å². The number of hydrogen-bond acceptors (Lipinski definition) is 1. The zero-order valence-corrected chi connectivity index (χ0v) is 8.27. The minimum atomic E-state index is 0.622. The van der Waals surface area contributed by atoms with Crippen LogP contribution in [0.15, 0.2) is 23.8 Å². The first-order chi connectivity index (χ1) is 6.33. The quantitative estimate of drug-likeness (QED) is 0.658. The highest BCUT2D eigenvalue weighted by molar-refractivity contribution is 6.20. The van der Waals surface area contributed by atoms with Crippen LogP contribution in [0.25, 0.3) is 6.08 Å². The maximum atomic E-state index is 5.77.